The quantitative estimate of drug-likeness (QED) is 0.626. The van der Waals surface area contributed by atoms with Crippen LogP contribution in [-0.2, 0) is 6.42 Å². The summed E-state index contributed by atoms with van der Waals surface area (Å²) in [6.45, 7) is 1.82. The zero-order valence-corrected chi connectivity index (χ0v) is 14.1. The molecule has 4 heteroatoms. The summed E-state index contributed by atoms with van der Waals surface area (Å²) in [5.74, 6) is 0.0798. The summed E-state index contributed by atoms with van der Waals surface area (Å²) >= 11 is 0. The van der Waals surface area contributed by atoms with Gasteiger partial charge in [0.25, 0.3) is 0 Å². The third-order valence-electron chi connectivity index (χ3n) is 3.81. The van der Waals surface area contributed by atoms with E-state index in [1.165, 1.54) is 0 Å². The van der Waals surface area contributed by atoms with Crippen molar-refractivity contribution < 1.29 is 20.4 Å². The van der Waals surface area contributed by atoms with Gasteiger partial charge in [0.2, 0.25) is 0 Å². The van der Waals surface area contributed by atoms with Crippen molar-refractivity contribution in [3.63, 3.8) is 0 Å². The maximum Gasteiger partial charge on any atom is 0.0836 e. The van der Waals surface area contributed by atoms with E-state index in [9.17, 15) is 5.11 Å². The Balaban J connectivity index is 0.000000240. The lowest BCUT2D eigenvalue weighted by Crippen LogP contribution is -2.24. The fourth-order valence-electron chi connectivity index (χ4n) is 2.27. The van der Waals surface area contributed by atoms with E-state index in [0.717, 1.165) is 11.1 Å². The summed E-state index contributed by atoms with van der Waals surface area (Å²) < 4.78 is 0. The zero-order chi connectivity index (χ0) is 17.8. The molecule has 0 aromatic heterocycles. The summed E-state index contributed by atoms with van der Waals surface area (Å²) in [7, 11) is 0. The normalized spacial score (nSPS) is 14.2. The van der Waals surface area contributed by atoms with Gasteiger partial charge in [-0.2, -0.15) is 0 Å². The van der Waals surface area contributed by atoms with Gasteiger partial charge in [0.05, 0.1) is 18.8 Å². The van der Waals surface area contributed by atoms with Crippen LogP contribution in [0.3, 0.4) is 0 Å². The van der Waals surface area contributed by atoms with E-state index in [-0.39, 0.29) is 19.1 Å². The Kier molecular flexibility index (Phi) is 9.96. The molecule has 0 saturated carbocycles. The predicted octanol–water partition coefficient (Wildman–Crippen LogP) is 2.12. The van der Waals surface area contributed by atoms with E-state index in [2.05, 4.69) is 0 Å². The minimum Gasteiger partial charge on any atom is -0.396 e. The molecule has 0 heterocycles. The van der Waals surface area contributed by atoms with Crippen LogP contribution in [0.4, 0.5) is 0 Å². The van der Waals surface area contributed by atoms with E-state index in [1.54, 1.807) is 6.92 Å². The number of rotatable bonds is 7. The van der Waals surface area contributed by atoms with Gasteiger partial charge in [-0.25, -0.2) is 0 Å². The van der Waals surface area contributed by atoms with Crippen LogP contribution < -0.4 is 0 Å². The Labute approximate surface area is 144 Å². The largest absolute Gasteiger partial charge is 0.396 e. The second kappa shape index (κ2) is 11.8. The summed E-state index contributed by atoms with van der Waals surface area (Å²) in [4.78, 5) is 0. The van der Waals surface area contributed by atoms with Crippen molar-refractivity contribution in [1.82, 2.24) is 0 Å². The highest BCUT2D eigenvalue weighted by Gasteiger charge is 2.10. The van der Waals surface area contributed by atoms with Gasteiger partial charge in [0.1, 0.15) is 0 Å². The molecule has 4 nitrogen and oxygen atoms in total. The van der Waals surface area contributed by atoms with Gasteiger partial charge >= 0.3 is 0 Å². The molecule has 24 heavy (non-hydrogen) atoms. The fourth-order valence-corrected chi connectivity index (χ4v) is 2.27. The molecule has 3 unspecified atom stereocenters. The van der Waals surface area contributed by atoms with E-state index in [1.807, 2.05) is 60.7 Å². The predicted molar refractivity (Wildman–Crippen MR) is 95.8 cm³/mol. The van der Waals surface area contributed by atoms with Crippen LogP contribution in [-0.4, -0.2) is 45.8 Å². The lowest BCUT2D eigenvalue weighted by molar-refractivity contribution is 0.0320. The van der Waals surface area contributed by atoms with Crippen LogP contribution in [0.25, 0.3) is 0 Å². The number of hydrogen-bond acceptors (Lipinski definition) is 4. The molecular formula is C20H28O4. The molecule has 2 aromatic carbocycles. The van der Waals surface area contributed by atoms with Gasteiger partial charge in [-0.3, -0.25) is 0 Å². The molecule has 4 N–H and O–H groups in total. The van der Waals surface area contributed by atoms with Crippen molar-refractivity contribution in [2.24, 2.45) is 0 Å². The smallest absolute Gasteiger partial charge is 0.0836 e. The molecule has 0 amide bonds. The molecule has 0 radical (unpaired) electrons. The van der Waals surface area contributed by atoms with Crippen LogP contribution in [0, 0.1) is 0 Å². The van der Waals surface area contributed by atoms with Gasteiger partial charge in [-0.05, 0) is 24.5 Å². The van der Waals surface area contributed by atoms with Gasteiger partial charge in [0, 0.05) is 18.9 Å². The molecule has 0 aliphatic heterocycles. The molecule has 3 atom stereocenters. The van der Waals surface area contributed by atoms with Crippen LogP contribution >= 0.6 is 0 Å². The van der Waals surface area contributed by atoms with Crippen molar-refractivity contribution in [2.75, 3.05) is 13.2 Å². The lowest BCUT2D eigenvalue weighted by atomic mass is 9.97. The zero-order valence-electron chi connectivity index (χ0n) is 14.1. The summed E-state index contributed by atoms with van der Waals surface area (Å²) in [6.07, 6.45) is -0.184. The first-order valence-corrected chi connectivity index (χ1v) is 8.25. The van der Waals surface area contributed by atoms with E-state index < -0.39 is 12.2 Å². The molecule has 0 aliphatic carbocycles. The topological polar surface area (TPSA) is 80.9 Å². The van der Waals surface area contributed by atoms with Crippen LogP contribution in [0.15, 0.2) is 60.7 Å². The van der Waals surface area contributed by atoms with Crippen molar-refractivity contribution >= 4 is 0 Å². The average molecular weight is 332 g/mol. The molecule has 2 aromatic rings. The van der Waals surface area contributed by atoms with Crippen molar-refractivity contribution in [1.29, 1.82) is 0 Å². The van der Waals surface area contributed by atoms with E-state index in [4.69, 9.17) is 15.3 Å². The Morgan fingerprint density at radius 3 is 1.83 bits per heavy atom. The Morgan fingerprint density at radius 1 is 0.833 bits per heavy atom. The molecule has 0 fully saturated rings. The monoisotopic (exact) mass is 332 g/mol. The highest BCUT2D eigenvalue weighted by Crippen LogP contribution is 2.17. The Morgan fingerprint density at radius 2 is 1.38 bits per heavy atom. The molecule has 0 spiro atoms. The fraction of sp³-hybridized carbons (Fsp3) is 0.400. The SMILES string of the molecule is CC(O)C(O)Cc1ccccc1.OCCC(CO)c1ccccc1. The van der Waals surface area contributed by atoms with E-state index in [0.29, 0.717) is 12.8 Å². The number of hydrogen-bond donors (Lipinski definition) is 4. The highest BCUT2D eigenvalue weighted by molar-refractivity contribution is 5.19. The average Bonchev–Trinajstić information content (AvgIpc) is 2.61. The second-order valence-corrected chi connectivity index (χ2v) is 5.80. The van der Waals surface area contributed by atoms with Crippen molar-refractivity contribution in [2.45, 2.75) is 37.9 Å². The molecule has 2 rings (SSSR count). The first-order valence-electron chi connectivity index (χ1n) is 8.25. The first kappa shape index (κ1) is 20.3. The molecule has 0 aliphatic rings. The van der Waals surface area contributed by atoms with Gasteiger partial charge in [-0.1, -0.05) is 60.7 Å². The molecule has 0 bridgehead atoms. The minimum atomic E-state index is -0.662. The number of benzene rings is 2. The first-order chi connectivity index (χ1) is 11.6. The number of aliphatic hydroxyl groups is 4. The Hall–Kier alpha value is -1.72. The number of aliphatic hydroxyl groups excluding tert-OH is 4. The van der Waals surface area contributed by atoms with Crippen molar-refractivity contribution in [3.8, 4) is 0 Å². The third kappa shape index (κ3) is 7.70. The molecule has 132 valence electrons. The second-order valence-electron chi connectivity index (χ2n) is 5.80. The van der Waals surface area contributed by atoms with Crippen LogP contribution in [0.2, 0.25) is 0 Å². The third-order valence-corrected chi connectivity index (χ3v) is 3.81. The molecule has 0 saturated heterocycles. The van der Waals surface area contributed by atoms with Crippen LogP contribution in [0.1, 0.15) is 30.4 Å². The van der Waals surface area contributed by atoms with Crippen LogP contribution in [0.5, 0.6) is 0 Å². The van der Waals surface area contributed by atoms with Gasteiger partial charge in [-0.15, -0.1) is 0 Å². The summed E-state index contributed by atoms with van der Waals surface area (Å²) in [6, 6.07) is 19.4. The van der Waals surface area contributed by atoms with Crippen molar-refractivity contribution in [3.05, 3.63) is 71.8 Å². The van der Waals surface area contributed by atoms with Gasteiger partial charge in [0.15, 0.2) is 0 Å². The lowest BCUT2D eigenvalue weighted by Gasteiger charge is -2.12. The standard InChI is InChI=1S/2C10H14O2/c1-8(11)10(12)7-9-5-3-2-4-6-9;11-7-6-10(8-12)9-4-2-1-3-5-9/h2-6,8,10-12H,7H2,1H3;1-5,10-12H,6-8H2. The summed E-state index contributed by atoms with van der Waals surface area (Å²) in [5.41, 5.74) is 2.14. The summed E-state index contributed by atoms with van der Waals surface area (Å²) in [5, 5.41) is 36.1. The van der Waals surface area contributed by atoms with Gasteiger partial charge < -0.3 is 20.4 Å². The minimum absolute atomic E-state index is 0.0798. The highest BCUT2D eigenvalue weighted by atomic mass is 16.3. The molecular weight excluding hydrogens is 304 g/mol. The maximum atomic E-state index is 9.33. The Bertz CT molecular complexity index is 528. The van der Waals surface area contributed by atoms with E-state index >= 15 is 0 Å². The maximum absolute atomic E-state index is 9.33.